The van der Waals surface area contributed by atoms with Crippen LogP contribution in [0.15, 0.2) is 83.3 Å². The predicted molar refractivity (Wildman–Crippen MR) is 103 cm³/mol. The maximum Gasteiger partial charge on any atom is 0.247 e. The number of rotatable bonds is 5. The van der Waals surface area contributed by atoms with Gasteiger partial charge in [-0.2, -0.15) is 0 Å². The Morgan fingerprint density at radius 2 is 1.59 bits per heavy atom. The molecule has 0 saturated carbocycles. The maximum atomic E-state index is 13.5. The number of anilines is 1. The van der Waals surface area contributed by atoms with Gasteiger partial charge >= 0.3 is 0 Å². The van der Waals surface area contributed by atoms with Crippen molar-refractivity contribution in [2.75, 3.05) is 5.32 Å². The summed E-state index contributed by atoms with van der Waals surface area (Å²) < 4.78 is 19.4. The largest absolute Gasteiger partial charge is 0.418 e. The van der Waals surface area contributed by atoms with Gasteiger partial charge in [0.2, 0.25) is 11.8 Å². The molecule has 0 fully saturated rings. The van der Waals surface area contributed by atoms with Gasteiger partial charge in [-0.3, -0.25) is 0 Å². The monoisotopic (exact) mass is 379 g/mol. The molecule has 1 atom stereocenters. The van der Waals surface area contributed by atoms with Gasteiger partial charge in [-0.05, 0) is 36.4 Å². The molecule has 4 aromatic rings. The molecule has 1 aromatic heterocycles. The summed E-state index contributed by atoms with van der Waals surface area (Å²) in [6.45, 7) is 0. The molecule has 0 saturated heterocycles. The summed E-state index contributed by atoms with van der Waals surface area (Å²) in [5.74, 6) is 0.340. The molecule has 0 aliphatic carbocycles. The van der Waals surface area contributed by atoms with Crippen molar-refractivity contribution in [1.82, 2.24) is 10.2 Å². The normalized spacial score (nSPS) is 11.9. The quantitative estimate of drug-likeness (QED) is 0.481. The van der Waals surface area contributed by atoms with Crippen LogP contribution in [0.5, 0.6) is 0 Å². The SMILES string of the molecule is Fc1ccc([C@H](Nc2ccccc2)c2nnc(-c3ccccc3)o2)c(Cl)c1. The highest BCUT2D eigenvalue weighted by Crippen LogP contribution is 2.32. The molecule has 0 bridgehead atoms. The lowest BCUT2D eigenvalue weighted by Crippen LogP contribution is -2.13. The number of halogens is 2. The van der Waals surface area contributed by atoms with Crippen LogP contribution in [0.1, 0.15) is 17.5 Å². The number of benzene rings is 3. The standard InChI is InChI=1S/C21H15ClFN3O/c22-18-13-15(23)11-12-17(18)19(24-16-9-5-2-6-10-16)21-26-25-20(27-21)14-7-3-1-4-8-14/h1-13,19,24H/t19-/m0/s1. The second-order valence-electron chi connectivity index (χ2n) is 5.92. The van der Waals surface area contributed by atoms with Gasteiger partial charge in [-0.1, -0.05) is 54.1 Å². The van der Waals surface area contributed by atoms with E-state index in [1.54, 1.807) is 6.07 Å². The van der Waals surface area contributed by atoms with E-state index in [0.29, 0.717) is 17.3 Å². The first-order valence-electron chi connectivity index (χ1n) is 8.36. The van der Waals surface area contributed by atoms with Gasteiger partial charge < -0.3 is 9.73 Å². The first-order valence-corrected chi connectivity index (χ1v) is 8.74. The predicted octanol–water partition coefficient (Wildman–Crippen LogP) is 5.73. The van der Waals surface area contributed by atoms with E-state index in [2.05, 4.69) is 15.5 Å². The average Bonchev–Trinajstić information content (AvgIpc) is 3.18. The van der Waals surface area contributed by atoms with E-state index in [4.69, 9.17) is 16.0 Å². The molecule has 27 heavy (non-hydrogen) atoms. The summed E-state index contributed by atoms with van der Waals surface area (Å²) in [5.41, 5.74) is 2.31. The Bertz CT molecular complexity index is 1040. The molecule has 0 unspecified atom stereocenters. The number of nitrogens with zero attached hydrogens (tertiary/aromatic N) is 2. The Balaban J connectivity index is 1.75. The van der Waals surface area contributed by atoms with E-state index >= 15 is 0 Å². The van der Waals surface area contributed by atoms with Crippen LogP contribution in [0, 0.1) is 5.82 Å². The summed E-state index contributed by atoms with van der Waals surface area (Å²) in [6, 6.07) is 22.8. The van der Waals surface area contributed by atoms with E-state index in [1.807, 2.05) is 60.7 Å². The van der Waals surface area contributed by atoms with Gasteiger partial charge in [0.05, 0.1) is 0 Å². The fourth-order valence-electron chi connectivity index (χ4n) is 2.76. The van der Waals surface area contributed by atoms with E-state index in [1.165, 1.54) is 12.1 Å². The number of aromatic nitrogens is 2. The molecule has 0 aliphatic rings. The molecular weight excluding hydrogens is 365 g/mol. The van der Waals surface area contributed by atoms with Crippen molar-refractivity contribution in [1.29, 1.82) is 0 Å². The number of para-hydroxylation sites is 1. The van der Waals surface area contributed by atoms with Gasteiger partial charge in [0.1, 0.15) is 11.9 Å². The second kappa shape index (κ2) is 7.60. The van der Waals surface area contributed by atoms with E-state index in [0.717, 1.165) is 11.3 Å². The number of hydrogen-bond donors (Lipinski definition) is 1. The third-order valence-corrected chi connectivity index (χ3v) is 4.39. The van der Waals surface area contributed by atoms with Crippen molar-refractivity contribution in [2.45, 2.75) is 6.04 Å². The minimum atomic E-state index is -0.523. The molecule has 0 spiro atoms. The van der Waals surface area contributed by atoms with E-state index < -0.39 is 11.9 Å². The van der Waals surface area contributed by atoms with Crippen LogP contribution >= 0.6 is 11.6 Å². The molecule has 0 amide bonds. The average molecular weight is 380 g/mol. The molecule has 4 rings (SSSR count). The summed E-state index contributed by atoms with van der Waals surface area (Å²) >= 11 is 6.29. The van der Waals surface area contributed by atoms with Crippen LogP contribution in [0.3, 0.4) is 0 Å². The van der Waals surface area contributed by atoms with Gasteiger partial charge in [-0.15, -0.1) is 10.2 Å². The van der Waals surface area contributed by atoms with Crippen molar-refractivity contribution in [3.8, 4) is 11.5 Å². The molecule has 0 radical (unpaired) electrons. The zero-order chi connectivity index (χ0) is 18.6. The number of nitrogens with one attached hydrogen (secondary N) is 1. The smallest absolute Gasteiger partial charge is 0.247 e. The highest BCUT2D eigenvalue weighted by molar-refractivity contribution is 6.31. The molecular formula is C21H15ClFN3O. The van der Waals surface area contributed by atoms with Gasteiger partial charge in [-0.25, -0.2) is 4.39 Å². The highest BCUT2D eigenvalue weighted by Gasteiger charge is 2.24. The third-order valence-electron chi connectivity index (χ3n) is 4.07. The minimum absolute atomic E-state index is 0.280. The minimum Gasteiger partial charge on any atom is -0.418 e. The molecule has 6 heteroatoms. The van der Waals surface area contributed by atoms with Crippen LogP contribution in [0.2, 0.25) is 5.02 Å². The van der Waals surface area contributed by atoms with Crippen molar-refractivity contribution >= 4 is 17.3 Å². The first kappa shape index (κ1) is 17.2. The lowest BCUT2D eigenvalue weighted by atomic mass is 10.1. The van der Waals surface area contributed by atoms with Crippen LogP contribution in [0.25, 0.3) is 11.5 Å². The number of hydrogen-bond acceptors (Lipinski definition) is 4. The Hall–Kier alpha value is -3.18. The Morgan fingerprint density at radius 3 is 2.30 bits per heavy atom. The summed E-state index contributed by atoms with van der Waals surface area (Å²) in [4.78, 5) is 0. The van der Waals surface area contributed by atoms with Crippen LogP contribution < -0.4 is 5.32 Å². The molecule has 3 aromatic carbocycles. The Kier molecular flexibility index (Phi) is 4.85. The van der Waals surface area contributed by atoms with Crippen LogP contribution in [-0.4, -0.2) is 10.2 Å². The fraction of sp³-hybridized carbons (Fsp3) is 0.0476. The van der Waals surface area contributed by atoms with Gasteiger partial charge in [0, 0.05) is 21.8 Å². The molecule has 1 heterocycles. The summed E-state index contributed by atoms with van der Waals surface area (Å²) in [6.07, 6.45) is 0. The van der Waals surface area contributed by atoms with Crippen LogP contribution in [-0.2, 0) is 0 Å². The molecule has 0 aliphatic heterocycles. The topological polar surface area (TPSA) is 51.0 Å². The third kappa shape index (κ3) is 3.83. The molecule has 134 valence electrons. The maximum absolute atomic E-state index is 13.5. The molecule has 4 nitrogen and oxygen atoms in total. The van der Waals surface area contributed by atoms with E-state index in [-0.39, 0.29) is 5.02 Å². The zero-order valence-corrected chi connectivity index (χ0v) is 14.9. The van der Waals surface area contributed by atoms with Crippen molar-refractivity contribution < 1.29 is 8.81 Å². The Labute approximate surface area is 160 Å². The van der Waals surface area contributed by atoms with Crippen molar-refractivity contribution in [2.24, 2.45) is 0 Å². The second-order valence-corrected chi connectivity index (χ2v) is 6.33. The summed E-state index contributed by atoms with van der Waals surface area (Å²) in [7, 11) is 0. The highest BCUT2D eigenvalue weighted by atomic mass is 35.5. The van der Waals surface area contributed by atoms with E-state index in [9.17, 15) is 4.39 Å². The lowest BCUT2D eigenvalue weighted by Gasteiger charge is -2.18. The zero-order valence-electron chi connectivity index (χ0n) is 14.1. The van der Waals surface area contributed by atoms with Gasteiger partial charge in [0.25, 0.3) is 0 Å². The fourth-order valence-corrected chi connectivity index (χ4v) is 3.03. The Morgan fingerprint density at radius 1 is 0.889 bits per heavy atom. The van der Waals surface area contributed by atoms with Crippen molar-refractivity contribution in [3.63, 3.8) is 0 Å². The van der Waals surface area contributed by atoms with Gasteiger partial charge in [0.15, 0.2) is 0 Å². The molecule has 1 N–H and O–H groups in total. The lowest BCUT2D eigenvalue weighted by molar-refractivity contribution is 0.494. The summed E-state index contributed by atoms with van der Waals surface area (Å²) in [5, 5.41) is 12.0. The van der Waals surface area contributed by atoms with Crippen molar-refractivity contribution in [3.05, 3.63) is 101 Å². The van der Waals surface area contributed by atoms with Crippen LogP contribution in [0.4, 0.5) is 10.1 Å². The first-order chi connectivity index (χ1) is 13.2.